The van der Waals surface area contributed by atoms with Gasteiger partial charge in [0.2, 0.25) is 12.3 Å². The summed E-state index contributed by atoms with van der Waals surface area (Å²) in [5, 5.41) is 10.7. The van der Waals surface area contributed by atoms with Gasteiger partial charge in [0.25, 0.3) is 0 Å². The number of alkyl halides is 2. The van der Waals surface area contributed by atoms with E-state index in [4.69, 9.17) is 5.11 Å². The average molecular weight is 237 g/mol. The van der Waals surface area contributed by atoms with Crippen LogP contribution in [0.5, 0.6) is 0 Å². The zero-order valence-electron chi connectivity index (χ0n) is 9.21. The van der Waals surface area contributed by atoms with Crippen LogP contribution >= 0.6 is 0 Å². The van der Waals surface area contributed by atoms with E-state index in [1.165, 1.54) is 0 Å². The molecule has 0 aromatic heterocycles. The molecule has 2 N–H and O–H groups in total. The van der Waals surface area contributed by atoms with Crippen molar-refractivity contribution in [2.45, 2.75) is 51.5 Å². The number of unbranched alkanes of at least 4 members (excludes halogenated alkanes) is 2. The molecule has 0 saturated heterocycles. The van der Waals surface area contributed by atoms with Crippen LogP contribution in [0.1, 0.15) is 39.0 Å². The molecule has 0 aromatic rings. The largest absolute Gasteiger partial charge is 0.480 e. The van der Waals surface area contributed by atoms with E-state index in [-0.39, 0.29) is 6.42 Å². The molecule has 1 unspecified atom stereocenters. The molecule has 0 fully saturated rings. The SMILES string of the molecule is CCCCCC(=O)NC(CC(F)F)C(=O)O. The van der Waals surface area contributed by atoms with Gasteiger partial charge in [-0.15, -0.1) is 0 Å². The Morgan fingerprint density at radius 1 is 1.31 bits per heavy atom. The van der Waals surface area contributed by atoms with Gasteiger partial charge < -0.3 is 10.4 Å². The Hall–Kier alpha value is -1.20. The maximum absolute atomic E-state index is 12.0. The maximum atomic E-state index is 12.0. The number of hydrogen-bond donors (Lipinski definition) is 2. The van der Waals surface area contributed by atoms with Gasteiger partial charge in [-0.3, -0.25) is 4.79 Å². The van der Waals surface area contributed by atoms with Crippen molar-refractivity contribution in [2.75, 3.05) is 0 Å². The smallest absolute Gasteiger partial charge is 0.326 e. The summed E-state index contributed by atoms with van der Waals surface area (Å²) in [5.74, 6) is -1.91. The van der Waals surface area contributed by atoms with Crippen molar-refractivity contribution in [1.29, 1.82) is 0 Å². The van der Waals surface area contributed by atoms with Crippen LogP contribution in [0.25, 0.3) is 0 Å². The average Bonchev–Trinajstić information content (AvgIpc) is 2.16. The highest BCUT2D eigenvalue weighted by molar-refractivity contribution is 5.83. The number of hydrogen-bond acceptors (Lipinski definition) is 2. The molecule has 16 heavy (non-hydrogen) atoms. The normalized spacial score (nSPS) is 12.5. The van der Waals surface area contributed by atoms with Crippen LogP contribution < -0.4 is 5.32 Å². The lowest BCUT2D eigenvalue weighted by atomic mass is 10.1. The first kappa shape index (κ1) is 14.8. The minimum Gasteiger partial charge on any atom is -0.480 e. The first-order valence-corrected chi connectivity index (χ1v) is 5.27. The minimum absolute atomic E-state index is 0.181. The summed E-state index contributed by atoms with van der Waals surface area (Å²) in [6.07, 6.45) is -0.969. The second-order valence-corrected chi connectivity index (χ2v) is 3.54. The second kappa shape index (κ2) is 8.01. The van der Waals surface area contributed by atoms with Gasteiger partial charge in [0, 0.05) is 12.8 Å². The topological polar surface area (TPSA) is 66.4 Å². The zero-order valence-corrected chi connectivity index (χ0v) is 9.21. The van der Waals surface area contributed by atoms with Crippen molar-refractivity contribution < 1.29 is 23.5 Å². The minimum atomic E-state index is -2.74. The number of amides is 1. The monoisotopic (exact) mass is 237 g/mol. The Bertz CT molecular complexity index is 234. The van der Waals surface area contributed by atoms with Gasteiger partial charge in [0.1, 0.15) is 6.04 Å². The fourth-order valence-corrected chi connectivity index (χ4v) is 1.20. The van der Waals surface area contributed by atoms with Gasteiger partial charge in [0.15, 0.2) is 0 Å². The summed E-state index contributed by atoms with van der Waals surface area (Å²) in [6, 6.07) is -1.49. The van der Waals surface area contributed by atoms with Crippen LogP contribution in [0, 0.1) is 0 Å². The third-order valence-electron chi connectivity index (χ3n) is 2.05. The highest BCUT2D eigenvalue weighted by atomic mass is 19.3. The highest BCUT2D eigenvalue weighted by Gasteiger charge is 2.23. The van der Waals surface area contributed by atoms with Crippen molar-refractivity contribution in [3.8, 4) is 0 Å². The molecule has 0 radical (unpaired) electrons. The molecule has 0 saturated carbocycles. The molecule has 94 valence electrons. The number of carbonyl (C=O) groups excluding carboxylic acids is 1. The standard InChI is InChI=1S/C10H17F2NO3/c1-2-3-4-5-9(14)13-7(10(15)16)6-8(11)12/h7-8H,2-6H2,1H3,(H,13,14)(H,15,16). The molecule has 0 rings (SSSR count). The van der Waals surface area contributed by atoms with Crippen LogP contribution in [0.15, 0.2) is 0 Å². The molecule has 0 aliphatic carbocycles. The predicted molar refractivity (Wildman–Crippen MR) is 54.3 cm³/mol. The van der Waals surface area contributed by atoms with Crippen LogP contribution in [0.4, 0.5) is 8.78 Å². The van der Waals surface area contributed by atoms with Crippen LogP contribution in [-0.2, 0) is 9.59 Å². The number of carboxylic acid groups (broad SMARTS) is 1. The van der Waals surface area contributed by atoms with Crippen molar-refractivity contribution in [3.05, 3.63) is 0 Å². The fraction of sp³-hybridized carbons (Fsp3) is 0.800. The number of nitrogens with one attached hydrogen (secondary N) is 1. The Morgan fingerprint density at radius 3 is 2.38 bits per heavy atom. The van der Waals surface area contributed by atoms with Crippen molar-refractivity contribution in [1.82, 2.24) is 5.32 Å². The molecule has 4 nitrogen and oxygen atoms in total. The van der Waals surface area contributed by atoms with E-state index in [0.717, 1.165) is 12.8 Å². The molecule has 0 bridgehead atoms. The van der Waals surface area contributed by atoms with E-state index in [2.05, 4.69) is 5.32 Å². The van der Waals surface area contributed by atoms with Gasteiger partial charge in [-0.05, 0) is 6.42 Å². The summed E-state index contributed by atoms with van der Waals surface area (Å²) >= 11 is 0. The molecule has 1 atom stereocenters. The molecule has 1 amide bonds. The molecule has 0 aliphatic heterocycles. The Kier molecular flexibility index (Phi) is 7.41. The van der Waals surface area contributed by atoms with Gasteiger partial charge in [-0.1, -0.05) is 19.8 Å². The number of carboxylic acids is 1. The van der Waals surface area contributed by atoms with Gasteiger partial charge in [0.05, 0.1) is 0 Å². The summed E-state index contributed by atoms with van der Waals surface area (Å²) < 4.78 is 24.0. The van der Waals surface area contributed by atoms with Gasteiger partial charge in [-0.25, -0.2) is 13.6 Å². The third kappa shape index (κ3) is 7.14. The predicted octanol–water partition coefficient (Wildman–Crippen LogP) is 1.79. The van der Waals surface area contributed by atoms with E-state index in [0.29, 0.717) is 6.42 Å². The summed E-state index contributed by atoms with van der Waals surface area (Å²) in [6.45, 7) is 1.97. The zero-order chi connectivity index (χ0) is 12.6. The summed E-state index contributed by atoms with van der Waals surface area (Å²) in [5.41, 5.74) is 0. The first-order valence-electron chi connectivity index (χ1n) is 5.27. The van der Waals surface area contributed by atoms with E-state index < -0.39 is 30.8 Å². The van der Waals surface area contributed by atoms with Crippen LogP contribution in [0.3, 0.4) is 0 Å². The molecular weight excluding hydrogens is 220 g/mol. The Labute approximate surface area is 93.0 Å². The van der Waals surface area contributed by atoms with E-state index in [9.17, 15) is 18.4 Å². The van der Waals surface area contributed by atoms with Crippen molar-refractivity contribution in [3.63, 3.8) is 0 Å². The molecule has 0 aliphatic rings. The Balaban J connectivity index is 3.98. The highest BCUT2D eigenvalue weighted by Crippen LogP contribution is 2.05. The third-order valence-corrected chi connectivity index (χ3v) is 2.05. The maximum Gasteiger partial charge on any atom is 0.326 e. The molecule has 0 spiro atoms. The van der Waals surface area contributed by atoms with Crippen molar-refractivity contribution >= 4 is 11.9 Å². The lowest BCUT2D eigenvalue weighted by Gasteiger charge is -2.13. The van der Waals surface area contributed by atoms with Crippen LogP contribution in [-0.4, -0.2) is 29.5 Å². The summed E-state index contributed by atoms with van der Waals surface area (Å²) in [4.78, 5) is 21.7. The van der Waals surface area contributed by atoms with Gasteiger partial charge in [-0.2, -0.15) is 0 Å². The Morgan fingerprint density at radius 2 is 1.94 bits per heavy atom. The molecule has 0 heterocycles. The number of halogens is 2. The number of aliphatic carboxylic acids is 1. The van der Waals surface area contributed by atoms with Crippen LogP contribution in [0.2, 0.25) is 0 Å². The first-order chi connectivity index (χ1) is 7.47. The molecule has 6 heteroatoms. The quantitative estimate of drug-likeness (QED) is 0.632. The molecular formula is C10H17F2NO3. The summed E-state index contributed by atoms with van der Waals surface area (Å²) in [7, 11) is 0. The lowest BCUT2D eigenvalue weighted by Crippen LogP contribution is -2.41. The van der Waals surface area contributed by atoms with Crippen molar-refractivity contribution in [2.24, 2.45) is 0 Å². The van der Waals surface area contributed by atoms with E-state index in [1.807, 2.05) is 6.92 Å². The number of rotatable bonds is 8. The van der Waals surface area contributed by atoms with E-state index >= 15 is 0 Å². The number of carbonyl (C=O) groups is 2. The second-order valence-electron chi connectivity index (χ2n) is 3.54. The van der Waals surface area contributed by atoms with Gasteiger partial charge >= 0.3 is 5.97 Å². The fourth-order valence-electron chi connectivity index (χ4n) is 1.20. The lowest BCUT2D eigenvalue weighted by molar-refractivity contribution is -0.143. The van der Waals surface area contributed by atoms with E-state index in [1.54, 1.807) is 0 Å². The molecule has 0 aromatic carbocycles.